The molecule has 1 unspecified atom stereocenters. The molecule has 27 heavy (non-hydrogen) atoms. The van der Waals surface area contributed by atoms with Crippen LogP contribution in [0.25, 0.3) is 0 Å². The molecule has 2 fully saturated rings. The van der Waals surface area contributed by atoms with Crippen LogP contribution >= 0.6 is 0 Å². The van der Waals surface area contributed by atoms with Crippen LogP contribution in [-0.2, 0) is 15.3 Å². The number of carboxylic acids is 1. The Balaban J connectivity index is 1.79. The minimum atomic E-state index is -2.71. The van der Waals surface area contributed by atoms with E-state index in [0.717, 1.165) is 44.5 Å². The number of carbonyl (C=O) groups is 1. The molecule has 0 aromatic carbocycles. The summed E-state index contributed by atoms with van der Waals surface area (Å²) in [6.45, 7) is 2.03. The maximum absolute atomic E-state index is 11.5. The lowest BCUT2D eigenvalue weighted by Crippen LogP contribution is -2.58. The maximum atomic E-state index is 11.5. The summed E-state index contributed by atoms with van der Waals surface area (Å²) >= 11 is 0. The van der Waals surface area contributed by atoms with Crippen LogP contribution in [0.5, 0.6) is 0 Å². The molecular formula is C18H26N4O4S. The number of carboxylic acid groups (broad SMARTS) is 1. The molecule has 1 aliphatic carbocycles. The van der Waals surface area contributed by atoms with Gasteiger partial charge in [-0.3, -0.25) is 9.88 Å². The van der Waals surface area contributed by atoms with Crippen molar-refractivity contribution >= 4 is 22.2 Å². The molecule has 1 aromatic rings. The van der Waals surface area contributed by atoms with Crippen molar-refractivity contribution in [2.45, 2.75) is 56.7 Å². The van der Waals surface area contributed by atoms with Crippen LogP contribution in [0.4, 0.5) is 5.69 Å². The first-order valence-corrected chi connectivity index (χ1v) is 10.5. The second kappa shape index (κ2) is 8.79. The zero-order valence-electron chi connectivity index (χ0n) is 15.2. The Morgan fingerprint density at radius 2 is 1.85 bits per heavy atom. The standard InChI is InChI=1S/C18H26N4O4S/c23-17(24)16(21-27(25)26)14-4-8-18(9-5-14,22-12-2-1-3-13-22)20-15-6-10-19-11-7-15/h6-7,10-11,14,16H,1-5,8-9,12-13H2,(H,19,20)(H,23,24). The summed E-state index contributed by atoms with van der Waals surface area (Å²) in [4.78, 5) is 18.0. The minimum absolute atomic E-state index is 0.238. The van der Waals surface area contributed by atoms with E-state index in [1.807, 2.05) is 12.1 Å². The van der Waals surface area contributed by atoms with Gasteiger partial charge in [0.15, 0.2) is 6.04 Å². The lowest BCUT2D eigenvalue weighted by molar-refractivity contribution is -0.140. The van der Waals surface area contributed by atoms with E-state index in [4.69, 9.17) is 0 Å². The minimum Gasteiger partial charge on any atom is -0.480 e. The van der Waals surface area contributed by atoms with Crippen LogP contribution in [0, 0.1) is 5.92 Å². The van der Waals surface area contributed by atoms with Crippen LogP contribution in [0.15, 0.2) is 28.9 Å². The van der Waals surface area contributed by atoms with Gasteiger partial charge in [-0.05, 0) is 56.6 Å². The van der Waals surface area contributed by atoms with Crippen molar-refractivity contribution in [2.24, 2.45) is 10.3 Å². The van der Waals surface area contributed by atoms with Gasteiger partial charge in [0.25, 0.3) is 0 Å². The van der Waals surface area contributed by atoms with Gasteiger partial charge in [-0.25, -0.2) is 4.79 Å². The molecule has 1 saturated heterocycles. The Bertz CT molecular complexity index is 762. The highest BCUT2D eigenvalue weighted by molar-refractivity contribution is 7.61. The van der Waals surface area contributed by atoms with Gasteiger partial charge in [0.05, 0.1) is 5.66 Å². The zero-order valence-corrected chi connectivity index (χ0v) is 16.1. The van der Waals surface area contributed by atoms with Crippen LogP contribution in [-0.4, -0.2) is 54.2 Å². The summed E-state index contributed by atoms with van der Waals surface area (Å²) in [5.74, 6) is -1.44. The molecule has 2 heterocycles. The summed E-state index contributed by atoms with van der Waals surface area (Å²) < 4.78 is 25.3. The van der Waals surface area contributed by atoms with Crippen molar-refractivity contribution < 1.29 is 18.3 Å². The van der Waals surface area contributed by atoms with Gasteiger partial charge < -0.3 is 10.4 Å². The van der Waals surface area contributed by atoms with Crippen LogP contribution in [0.2, 0.25) is 0 Å². The fourth-order valence-electron chi connectivity index (χ4n) is 4.41. The van der Waals surface area contributed by atoms with Gasteiger partial charge in [-0.2, -0.15) is 12.8 Å². The molecule has 0 spiro atoms. The lowest BCUT2D eigenvalue weighted by atomic mass is 9.77. The van der Waals surface area contributed by atoms with Crippen molar-refractivity contribution in [2.75, 3.05) is 18.4 Å². The number of nitrogens with one attached hydrogen (secondary N) is 1. The van der Waals surface area contributed by atoms with E-state index >= 15 is 0 Å². The number of hydrogen-bond acceptors (Lipinski definition) is 7. The molecule has 1 saturated carbocycles. The largest absolute Gasteiger partial charge is 0.480 e. The third kappa shape index (κ3) is 4.84. The molecule has 148 valence electrons. The lowest BCUT2D eigenvalue weighted by Gasteiger charge is -2.50. The molecule has 0 amide bonds. The van der Waals surface area contributed by atoms with E-state index in [9.17, 15) is 18.3 Å². The Hall–Kier alpha value is -2.00. The highest BCUT2D eigenvalue weighted by Gasteiger charge is 2.43. The van der Waals surface area contributed by atoms with Crippen LogP contribution in [0.1, 0.15) is 44.9 Å². The van der Waals surface area contributed by atoms with Crippen molar-refractivity contribution in [3.8, 4) is 0 Å². The molecule has 9 heteroatoms. The molecule has 8 nitrogen and oxygen atoms in total. The second-order valence-electron chi connectivity index (χ2n) is 7.38. The molecule has 0 radical (unpaired) electrons. The van der Waals surface area contributed by atoms with Gasteiger partial charge in [0.1, 0.15) is 0 Å². The van der Waals surface area contributed by atoms with Crippen molar-refractivity contribution in [1.82, 2.24) is 9.88 Å². The normalized spacial score (nSPS) is 27.5. The molecule has 1 aliphatic heterocycles. The number of aromatic nitrogens is 1. The Morgan fingerprint density at radius 1 is 1.22 bits per heavy atom. The fourth-order valence-corrected chi connectivity index (χ4v) is 4.85. The quantitative estimate of drug-likeness (QED) is 0.762. The molecule has 0 bridgehead atoms. The van der Waals surface area contributed by atoms with E-state index in [0.29, 0.717) is 12.8 Å². The van der Waals surface area contributed by atoms with Gasteiger partial charge >= 0.3 is 16.5 Å². The molecule has 2 N–H and O–H groups in total. The van der Waals surface area contributed by atoms with Crippen molar-refractivity contribution in [3.63, 3.8) is 0 Å². The predicted octanol–water partition coefficient (Wildman–Crippen LogP) is 2.38. The summed E-state index contributed by atoms with van der Waals surface area (Å²) in [5.41, 5.74) is 0.756. The molecule has 1 atom stereocenters. The zero-order chi connectivity index (χ0) is 19.3. The summed E-state index contributed by atoms with van der Waals surface area (Å²) in [6, 6.07) is 2.69. The summed E-state index contributed by atoms with van der Waals surface area (Å²) in [7, 11) is -2.71. The van der Waals surface area contributed by atoms with Gasteiger partial charge in [-0.15, -0.1) is 0 Å². The highest BCUT2D eigenvalue weighted by Crippen LogP contribution is 2.40. The number of anilines is 1. The molecule has 3 rings (SSSR count). The Morgan fingerprint density at radius 3 is 2.41 bits per heavy atom. The first-order valence-electron chi connectivity index (χ1n) is 9.46. The fraction of sp³-hybridized carbons (Fsp3) is 0.667. The SMILES string of the molecule is O=C(O)C(N=S(=O)=O)C1CCC(Nc2ccncc2)(N2CCCCC2)CC1. The van der Waals surface area contributed by atoms with E-state index in [-0.39, 0.29) is 11.6 Å². The third-order valence-electron chi connectivity index (χ3n) is 5.78. The average molecular weight is 394 g/mol. The van der Waals surface area contributed by atoms with Gasteiger partial charge in [0, 0.05) is 31.2 Å². The Kier molecular flexibility index (Phi) is 6.43. The number of nitrogens with zero attached hydrogens (tertiary/aromatic N) is 3. The van der Waals surface area contributed by atoms with E-state index in [2.05, 4.69) is 19.6 Å². The van der Waals surface area contributed by atoms with E-state index < -0.39 is 22.5 Å². The summed E-state index contributed by atoms with van der Waals surface area (Å²) in [5, 5.41) is 13.1. The first kappa shape index (κ1) is 19.8. The number of hydrogen-bond donors (Lipinski definition) is 2. The van der Waals surface area contributed by atoms with Crippen LogP contribution in [0.3, 0.4) is 0 Å². The smallest absolute Gasteiger partial charge is 0.330 e. The second-order valence-corrected chi connectivity index (χ2v) is 8.03. The van der Waals surface area contributed by atoms with Gasteiger partial charge in [0.2, 0.25) is 0 Å². The average Bonchev–Trinajstić information content (AvgIpc) is 2.68. The van der Waals surface area contributed by atoms with Crippen molar-refractivity contribution in [1.29, 1.82) is 0 Å². The first-order chi connectivity index (χ1) is 13.0. The molecule has 2 aliphatic rings. The van der Waals surface area contributed by atoms with E-state index in [1.54, 1.807) is 12.4 Å². The van der Waals surface area contributed by atoms with E-state index in [1.165, 1.54) is 6.42 Å². The number of rotatable bonds is 6. The topological polar surface area (TPSA) is 112 Å². The number of piperidine rings is 1. The Labute approximate surface area is 160 Å². The molecule has 1 aromatic heterocycles. The van der Waals surface area contributed by atoms with Crippen molar-refractivity contribution in [3.05, 3.63) is 24.5 Å². The van der Waals surface area contributed by atoms with Crippen LogP contribution < -0.4 is 5.32 Å². The summed E-state index contributed by atoms with van der Waals surface area (Å²) in [6.07, 6.45) is 9.80. The maximum Gasteiger partial charge on any atom is 0.330 e. The third-order valence-corrected chi connectivity index (χ3v) is 6.17. The monoisotopic (exact) mass is 394 g/mol. The predicted molar refractivity (Wildman–Crippen MR) is 101 cm³/mol. The number of pyridine rings is 1. The molecular weight excluding hydrogens is 368 g/mol. The highest BCUT2D eigenvalue weighted by atomic mass is 32.2. The van der Waals surface area contributed by atoms with Gasteiger partial charge in [-0.1, -0.05) is 6.42 Å². The number of likely N-dealkylation sites (tertiary alicyclic amines) is 1. The number of aliphatic carboxylic acids is 1.